The van der Waals surface area contributed by atoms with E-state index in [2.05, 4.69) is 5.43 Å². The van der Waals surface area contributed by atoms with Crippen molar-refractivity contribution < 1.29 is 19.1 Å². The van der Waals surface area contributed by atoms with Crippen molar-refractivity contribution in [2.24, 2.45) is 0 Å². The first kappa shape index (κ1) is 14.5. The molecule has 0 aromatic heterocycles. The number of carbonyl (C=O) groups is 2. The Balaban J connectivity index is 2.41. The van der Waals surface area contributed by atoms with Crippen LogP contribution in [0.5, 0.6) is 0 Å². The molecule has 2 aromatic rings. The molecule has 0 aliphatic heterocycles. The Kier molecular flexibility index (Phi) is 4.18. The van der Waals surface area contributed by atoms with E-state index < -0.39 is 17.7 Å². The molecule has 2 rings (SSSR count). The van der Waals surface area contributed by atoms with E-state index in [4.69, 9.17) is 0 Å². The normalized spacial score (nSPS) is 10.0. The molecule has 0 aliphatic rings. The zero-order valence-electron chi connectivity index (χ0n) is 11.2. The van der Waals surface area contributed by atoms with E-state index in [0.717, 1.165) is 5.01 Å². The second-order valence-electron chi connectivity index (χ2n) is 4.30. The van der Waals surface area contributed by atoms with E-state index in [-0.39, 0.29) is 11.3 Å². The number of halogens is 1. The van der Waals surface area contributed by atoms with Gasteiger partial charge in [-0.2, -0.15) is 0 Å². The molecule has 6 heteroatoms. The summed E-state index contributed by atoms with van der Waals surface area (Å²) in [6, 6.07) is 11.6. The predicted octanol–water partition coefficient (Wildman–Crippen LogP) is 2.90. The van der Waals surface area contributed by atoms with Crippen molar-refractivity contribution in [3.8, 4) is 0 Å². The van der Waals surface area contributed by atoms with Crippen LogP contribution in [-0.4, -0.2) is 17.0 Å². The predicted molar refractivity (Wildman–Crippen MR) is 76.6 cm³/mol. The third kappa shape index (κ3) is 3.36. The number of amides is 1. The third-order valence-electron chi connectivity index (χ3n) is 2.76. The van der Waals surface area contributed by atoms with Gasteiger partial charge in [0.05, 0.1) is 16.9 Å². The Morgan fingerprint density at radius 3 is 2.48 bits per heavy atom. The fourth-order valence-corrected chi connectivity index (χ4v) is 1.85. The molecule has 0 saturated carbocycles. The number of hydrogen-bond acceptors (Lipinski definition) is 3. The Bertz CT molecular complexity index is 688. The lowest BCUT2D eigenvalue weighted by Gasteiger charge is -2.24. The van der Waals surface area contributed by atoms with Gasteiger partial charge in [0, 0.05) is 6.92 Å². The van der Waals surface area contributed by atoms with Gasteiger partial charge in [-0.05, 0) is 30.3 Å². The molecule has 0 bridgehead atoms. The molecule has 2 N–H and O–H groups in total. The monoisotopic (exact) mass is 288 g/mol. The van der Waals surface area contributed by atoms with Crippen LogP contribution in [0.1, 0.15) is 17.3 Å². The number of aromatic carboxylic acids is 1. The number of hydrazine groups is 1. The molecule has 0 fully saturated rings. The maximum Gasteiger partial charge on any atom is 0.337 e. The van der Waals surface area contributed by atoms with Crippen LogP contribution >= 0.6 is 0 Å². The maximum absolute atomic E-state index is 13.2. The summed E-state index contributed by atoms with van der Waals surface area (Å²) in [6.45, 7) is 1.28. The van der Waals surface area contributed by atoms with Gasteiger partial charge in [-0.25, -0.2) is 14.2 Å². The second kappa shape index (κ2) is 6.04. The number of rotatable bonds is 4. The highest BCUT2D eigenvalue weighted by Crippen LogP contribution is 2.22. The minimum absolute atomic E-state index is 0.0309. The van der Waals surface area contributed by atoms with Gasteiger partial charge in [-0.1, -0.05) is 18.2 Å². The molecule has 5 nitrogen and oxygen atoms in total. The van der Waals surface area contributed by atoms with Gasteiger partial charge in [-0.15, -0.1) is 0 Å². The van der Waals surface area contributed by atoms with Crippen molar-refractivity contribution >= 4 is 23.3 Å². The van der Waals surface area contributed by atoms with Gasteiger partial charge in [0.15, 0.2) is 0 Å². The van der Waals surface area contributed by atoms with Crippen LogP contribution in [0, 0.1) is 5.82 Å². The summed E-state index contributed by atoms with van der Waals surface area (Å²) in [5.74, 6) is -2.04. The molecule has 0 saturated heterocycles. The zero-order valence-corrected chi connectivity index (χ0v) is 11.2. The van der Waals surface area contributed by atoms with Crippen molar-refractivity contribution in [3.05, 3.63) is 59.9 Å². The second-order valence-corrected chi connectivity index (χ2v) is 4.30. The lowest BCUT2D eigenvalue weighted by Crippen LogP contribution is -2.35. The summed E-state index contributed by atoms with van der Waals surface area (Å²) in [5, 5.41) is 10.2. The lowest BCUT2D eigenvalue weighted by molar-refractivity contribution is -0.116. The van der Waals surface area contributed by atoms with Gasteiger partial charge < -0.3 is 5.11 Å². The van der Waals surface area contributed by atoms with E-state index in [1.165, 1.54) is 37.3 Å². The zero-order chi connectivity index (χ0) is 15.4. The fourth-order valence-electron chi connectivity index (χ4n) is 1.85. The maximum atomic E-state index is 13.2. The first-order valence-corrected chi connectivity index (χ1v) is 6.14. The molecule has 0 radical (unpaired) electrons. The largest absolute Gasteiger partial charge is 0.478 e. The van der Waals surface area contributed by atoms with Crippen molar-refractivity contribution in [1.82, 2.24) is 0 Å². The SMILES string of the molecule is CC(=O)N(Nc1cccc(F)c1)c1ccccc1C(=O)O. The molecule has 0 atom stereocenters. The van der Waals surface area contributed by atoms with Crippen molar-refractivity contribution in [2.75, 3.05) is 10.4 Å². The first-order valence-electron chi connectivity index (χ1n) is 6.14. The lowest BCUT2D eigenvalue weighted by atomic mass is 10.1. The number of nitrogens with one attached hydrogen (secondary N) is 1. The number of hydrogen-bond donors (Lipinski definition) is 2. The average molecular weight is 288 g/mol. The summed E-state index contributed by atoms with van der Waals surface area (Å²) in [5.41, 5.74) is 3.20. The molecule has 0 aliphatic carbocycles. The summed E-state index contributed by atoms with van der Waals surface area (Å²) in [4.78, 5) is 23.0. The van der Waals surface area contributed by atoms with Crippen LogP contribution in [0.4, 0.5) is 15.8 Å². The number of carbonyl (C=O) groups excluding carboxylic acids is 1. The average Bonchev–Trinajstić information content (AvgIpc) is 2.44. The first-order chi connectivity index (χ1) is 9.99. The highest BCUT2D eigenvalue weighted by atomic mass is 19.1. The third-order valence-corrected chi connectivity index (χ3v) is 2.76. The Labute approximate surface area is 120 Å². The summed E-state index contributed by atoms with van der Waals surface area (Å²) < 4.78 is 13.2. The molecule has 0 unspecified atom stereocenters. The topological polar surface area (TPSA) is 69.6 Å². The van der Waals surface area contributed by atoms with Gasteiger partial charge in [-0.3, -0.25) is 10.2 Å². The van der Waals surface area contributed by atoms with Gasteiger partial charge in [0.25, 0.3) is 0 Å². The van der Waals surface area contributed by atoms with Gasteiger partial charge >= 0.3 is 5.97 Å². The molecule has 0 heterocycles. The number of nitrogens with zero attached hydrogens (tertiary/aromatic N) is 1. The number of anilines is 2. The van der Waals surface area contributed by atoms with Crippen LogP contribution in [0.25, 0.3) is 0 Å². The van der Waals surface area contributed by atoms with Crippen LogP contribution in [-0.2, 0) is 4.79 Å². The quantitative estimate of drug-likeness (QED) is 0.849. The van der Waals surface area contributed by atoms with Crippen molar-refractivity contribution in [2.45, 2.75) is 6.92 Å². The van der Waals surface area contributed by atoms with Crippen molar-refractivity contribution in [1.29, 1.82) is 0 Å². The van der Waals surface area contributed by atoms with E-state index >= 15 is 0 Å². The molecule has 1 amide bonds. The fraction of sp³-hybridized carbons (Fsp3) is 0.0667. The minimum atomic E-state index is -1.15. The summed E-state index contributed by atoms with van der Waals surface area (Å²) >= 11 is 0. The van der Waals surface area contributed by atoms with Gasteiger partial charge in [0.1, 0.15) is 5.82 Å². The smallest absolute Gasteiger partial charge is 0.337 e. The van der Waals surface area contributed by atoms with Crippen molar-refractivity contribution in [3.63, 3.8) is 0 Å². The highest BCUT2D eigenvalue weighted by molar-refractivity contribution is 6.02. The number of benzene rings is 2. The molecule has 108 valence electrons. The Hall–Kier alpha value is -2.89. The molecular formula is C15H13FN2O3. The molecule has 21 heavy (non-hydrogen) atoms. The number of para-hydroxylation sites is 1. The Morgan fingerprint density at radius 1 is 1.14 bits per heavy atom. The van der Waals surface area contributed by atoms with E-state index in [0.29, 0.717) is 5.69 Å². The van der Waals surface area contributed by atoms with Crippen LogP contribution in [0.15, 0.2) is 48.5 Å². The molecular weight excluding hydrogens is 275 g/mol. The minimum Gasteiger partial charge on any atom is -0.478 e. The molecule has 0 spiro atoms. The van der Waals surface area contributed by atoms with Crippen LogP contribution in [0.2, 0.25) is 0 Å². The van der Waals surface area contributed by atoms with E-state index in [1.54, 1.807) is 18.2 Å². The molecule has 2 aromatic carbocycles. The highest BCUT2D eigenvalue weighted by Gasteiger charge is 2.19. The standard InChI is InChI=1S/C15H13FN2O3/c1-10(19)18(17-12-6-4-5-11(16)9-12)14-8-3-2-7-13(14)15(20)21/h2-9,17H,1H3,(H,20,21). The van der Waals surface area contributed by atoms with E-state index in [1.807, 2.05) is 0 Å². The number of carboxylic acids is 1. The van der Waals surface area contributed by atoms with E-state index in [9.17, 15) is 19.1 Å². The van der Waals surface area contributed by atoms with Crippen LogP contribution < -0.4 is 10.4 Å². The summed E-state index contributed by atoms with van der Waals surface area (Å²) in [6.07, 6.45) is 0. The summed E-state index contributed by atoms with van der Waals surface area (Å²) in [7, 11) is 0. The number of carboxylic acid groups (broad SMARTS) is 1. The Morgan fingerprint density at radius 2 is 1.86 bits per heavy atom. The van der Waals surface area contributed by atoms with Crippen LogP contribution in [0.3, 0.4) is 0 Å². The van der Waals surface area contributed by atoms with Gasteiger partial charge in [0.2, 0.25) is 5.91 Å².